The average molecular weight is 339 g/mol. The highest BCUT2D eigenvalue weighted by Gasteiger charge is 2.45. The number of rotatable bonds is 4. The first-order valence-corrected chi connectivity index (χ1v) is 9.10. The van der Waals surface area contributed by atoms with Crippen molar-refractivity contribution in [1.82, 2.24) is 0 Å². The normalized spacial score (nSPS) is 17.5. The van der Waals surface area contributed by atoms with Crippen molar-refractivity contribution >= 4 is 36.5 Å². The summed E-state index contributed by atoms with van der Waals surface area (Å²) in [7, 11) is -3.19. The second-order valence-corrected chi connectivity index (χ2v) is 7.95. The average Bonchev–Trinajstić information content (AvgIpc) is 3.18. The first-order chi connectivity index (χ1) is 9.05. The molecule has 0 aliphatic heterocycles. The summed E-state index contributed by atoms with van der Waals surface area (Å²) in [6.45, 7) is 0. The number of hydrogen-bond acceptors (Lipinski definition) is 2. The molecule has 0 bridgehead atoms. The molecule has 3 rings (SSSR count). The molecule has 1 aliphatic carbocycles. The van der Waals surface area contributed by atoms with Crippen molar-refractivity contribution in [1.29, 1.82) is 0 Å². The largest absolute Gasteiger partial charge is 0.224 e. The fraction of sp³-hybridized carbons (Fsp3) is 0.333. The van der Waals surface area contributed by atoms with Crippen molar-refractivity contribution in [2.24, 2.45) is 5.41 Å². The molecule has 0 amide bonds. The van der Waals surface area contributed by atoms with Gasteiger partial charge in [-0.2, -0.15) is 0 Å². The molecule has 2 aromatic carbocycles. The Morgan fingerprint density at radius 1 is 1.05 bits per heavy atom. The summed E-state index contributed by atoms with van der Waals surface area (Å²) in [6.07, 6.45) is 2.01. The molecule has 2 aromatic rings. The fourth-order valence-corrected chi connectivity index (χ4v) is 5.31. The quantitative estimate of drug-likeness (QED) is 0.795. The maximum absolute atomic E-state index is 12.5. The van der Waals surface area contributed by atoms with Crippen LogP contribution in [0, 0.1) is 5.41 Å². The van der Waals surface area contributed by atoms with Crippen LogP contribution in [-0.4, -0.2) is 19.5 Å². The van der Waals surface area contributed by atoms with E-state index in [0.717, 1.165) is 28.9 Å². The molecule has 100 valence electrons. The lowest BCUT2D eigenvalue weighted by molar-refractivity contribution is 0.572. The molecule has 0 spiro atoms. The molecule has 2 nitrogen and oxygen atoms in total. The van der Waals surface area contributed by atoms with Gasteiger partial charge in [-0.05, 0) is 41.2 Å². The van der Waals surface area contributed by atoms with Gasteiger partial charge in [-0.15, -0.1) is 0 Å². The van der Waals surface area contributed by atoms with Gasteiger partial charge in [0.1, 0.15) is 0 Å². The topological polar surface area (TPSA) is 34.1 Å². The minimum absolute atomic E-state index is 0.0233. The third-order valence-electron chi connectivity index (χ3n) is 3.82. The lowest BCUT2D eigenvalue weighted by Gasteiger charge is -2.12. The van der Waals surface area contributed by atoms with E-state index in [0.29, 0.717) is 4.90 Å². The predicted octanol–water partition coefficient (Wildman–Crippen LogP) is 3.79. The van der Waals surface area contributed by atoms with Crippen molar-refractivity contribution < 1.29 is 8.42 Å². The molecule has 1 fully saturated rings. The van der Waals surface area contributed by atoms with Crippen LogP contribution < -0.4 is 0 Å². The van der Waals surface area contributed by atoms with E-state index in [4.69, 9.17) is 0 Å². The van der Waals surface area contributed by atoms with Crippen LogP contribution in [0.25, 0.3) is 10.8 Å². The van der Waals surface area contributed by atoms with E-state index in [2.05, 4.69) is 15.9 Å². The third kappa shape index (κ3) is 2.56. The summed E-state index contributed by atoms with van der Waals surface area (Å²) in [5.74, 6) is 0.254. The van der Waals surface area contributed by atoms with Crippen molar-refractivity contribution in [3.8, 4) is 0 Å². The lowest BCUT2D eigenvalue weighted by atomic mass is 10.1. The number of halogens is 1. The minimum atomic E-state index is -3.19. The molecule has 1 aliphatic rings. The molecule has 1 saturated carbocycles. The minimum Gasteiger partial charge on any atom is -0.224 e. The zero-order valence-corrected chi connectivity index (χ0v) is 12.9. The highest BCUT2D eigenvalue weighted by molar-refractivity contribution is 9.09. The molecule has 0 saturated heterocycles. The molecule has 19 heavy (non-hydrogen) atoms. The lowest BCUT2D eigenvalue weighted by Crippen LogP contribution is -2.18. The van der Waals surface area contributed by atoms with E-state index in [1.807, 2.05) is 30.3 Å². The van der Waals surface area contributed by atoms with Crippen LogP contribution >= 0.6 is 15.9 Å². The van der Waals surface area contributed by atoms with Crippen LogP contribution in [0.1, 0.15) is 12.8 Å². The van der Waals surface area contributed by atoms with Crippen LogP contribution in [0.15, 0.2) is 47.4 Å². The fourth-order valence-electron chi connectivity index (χ4n) is 2.34. The van der Waals surface area contributed by atoms with Crippen molar-refractivity contribution in [3.05, 3.63) is 42.5 Å². The number of fused-ring (bicyclic) bond motifs is 1. The Balaban J connectivity index is 1.99. The summed E-state index contributed by atoms with van der Waals surface area (Å²) in [5.41, 5.74) is -0.0233. The smallest absolute Gasteiger partial charge is 0.178 e. The summed E-state index contributed by atoms with van der Waals surface area (Å²) < 4.78 is 24.9. The van der Waals surface area contributed by atoms with E-state index in [9.17, 15) is 8.42 Å². The standard InChI is InChI=1S/C15H15BrO2S/c16-10-15(7-8-15)11-19(17,18)14-6-5-12-3-1-2-4-13(12)9-14/h1-6,9H,7-8,10-11H2. The van der Waals surface area contributed by atoms with E-state index in [1.165, 1.54) is 0 Å². The Hall–Kier alpha value is -0.870. The summed E-state index contributed by atoms with van der Waals surface area (Å²) in [5, 5.41) is 2.82. The van der Waals surface area contributed by atoms with E-state index in [1.54, 1.807) is 12.1 Å². The second kappa shape index (κ2) is 4.60. The van der Waals surface area contributed by atoms with Gasteiger partial charge >= 0.3 is 0 Å². The third-order valence-corrected chi connectivity index (χ3v) is 6.97. The second-order valence-electron chi connectivity index (χ2n) is 5.40. The number of sulfone groups is 1. The van der Waals surface area contributed by atoms with Gasteiger partial charge in [0.05, 0.1) is 10.6 Å². The molecule has 4 heteroatoms. The first kappa shape index (κ1) is 13.1. The van der Waals surface area contributed by atoms with Gasteiger partial charge in [0.2, 0.25) is 0 Å². The molecular formula is C15H15BrO2S. The number of benzene rings is 2. The van der Waals surface area contributed by atoms with Crippen LogP contribution in [0.4, 0.5) is 0 Å². The monoisotopic (exact) mass is 338 g/mol. The molecule has 0 heterocycles. The van der Waals surface area contributed by atoms with E-state index in [-0.39, 0.29) is 11.2 Å². The maximum atomic E-state index is 12.5. The molecular weight excluding hydrogens is 324 g/mol. The van der Waals surface area contributed by atoms with Gasteiger partial charge in [0.15, 0.2) is 9.84 Å². The Kier molecular flexibility index (Phi) is 3.18. The first-order valence-electron chi connectivity index (χ1n) is 6.32. The maximum Gasteiger partial charge on any atom is 0.178 e. The molecule has 0 atom stereocenters. The Morgan fingerprint density at radius 2 is 1.74 bits per heavy atom. The molecule has 0 N–H and O–H groups in total. The zero-order chi connectivity index (χ0) is 13.5. The van der Waals surface area contributed by atoms with Gasteiger partial charge in [0, 0.05) is 5.33 Å². The van der Waals surface area contributed by atoms with Crippen molar-refractivity contribution in [2.45, 2.75) is 17.7 Å². The Bertz CT molecular complexity index is 718. The summed E-state index contributed by atoms with van der Waals surface area (Å²) in [6, 6.07) is 13.2. The van der Waals surface area contributed by atoms with E-state index < -0.39 is 9.84 Å². The van der Waals surface area contributed by atoms with Crippen LogP contribution in [0.5, 0.6) is 0 Å². The molecule has 0 radical (unpaired) electrons. The number of hydrogen-bond donors (Lipinski definition) is 0. The van der Waals surface area contributed by atoms with Gasteiger partial charge in [0.25, 0.3) is 0 Å². The Morgan fingerprint density at radius 3 is 2.37 bits per heavy atom. The molecule has 0 aromatic heterocycles. The Labute approximate surface area is 121 Å². The van der Waals surface area contributed by atoms with Gasteiger partial charge in [-0.25, -0.2) is 8.42 Å². The summed E-state index contributed by atoms with van der Waals surface area (Å²) >= 11 is 3.43. The highest BCUT2D eigenvalue weighted by Crippen LogP contribution is 2.48. The SMILES string of the molecule is O=S(=O)(CC1(CBr)CC1)c1ccc2ccccc2c1. The van der Waals surface area contributed by atoms with Crippen LogP contribution in [0.3, 0.4) is 0 Å². The van der Waals surface area contributed by atoms with Gasteiger partial charge in [-0.1, -0.05) is 46.3 Å². The predicted molar refractivity (Wildman–Crippen MR) is 81.5 cm³/mol. The van der Waals surface area contributed by atoms with Crippen molar-refractivity contribution in [2.75, 3.05) is 11.1 Å². The van der Waals surface area contributed by atoms with Gasteiger partial charge in [-0.3, -0.25) is 0 Å². The van der Waals surface area contributed by atoms with Gasteiger partial charge < -0.3 is 0 Å². The van der Waals surface area contributed by atoms with E-state index >= 15 is 0 Å². The zero-order valence-electron chi connectivity index (χ0n) is 10.5. The highest BCUT2D eigenvalue weighted by atomic mass is 79.9. The number of alkyl halides is 1. The van der Waals surface area contributed by atoms with Crippen LogP contribution in [-0.2, 0) is 9.84 Å². The van der Waals surface area contributed by atoms with Crippen molar-refractivity contribution in [3.63, 3.8) is 0 Å². The molecule has 0 unspecified atom stereocenters. The van der Waals surface area contributed by atoms with Crippen LogP contribution in [0.2, 0.25) is 0 Å². The summed E-state index contributed by atoms with van der Waals surface area (Å²) in [4.78, 5) is 0.443.